The Bertz CT molecular complexity index is 1190. The van der Waals surface area contributed by atoms with Crippen LogP contribution in [0.5, 0.6) is 17.2 Å². The van der Waals surface area contributed by atoms with Gasteiger partial charge in [0.2, 0.25) is 5.91 Å². The number of carbonyl (C=O) groups excluding carboxylic acids is 1. The number of hydrazine groups is 1. The first-order chi connectivity index (χ1) is 16.5. The molecule has 1 saturated heterocycles. The number of carbonyl (C=O) groups is 1. The summed E-state index contributed by atoms with van der Waals surface area (Å²) in [6.07, 6.45) is 1.03. The molecule has 3 aromatic carbocycles. The fourth-order valence-electron chi connectivity index (χ4n) is 4.10. The molecule has 0 spiro atoms. The quantitative estimate of drug-likeness (QED) is 0.484. The Labute approximate surface area is 202 Å². The number of hydrogen-bond acceptors (Lipinski definition) is 7. The third-order valence-corrected chi connectivity index (χ3v) is 5.94. The highest BCUT2D eigenvalue weighted by Crippen LogP contribution is 2.38. The Morgan fingerprint density at radius 1 is 1.03 bits per heavy atom. The second kappa shape index (κ2) is 9.70. The number of hydrogen-bond donors (Lipinski definition) is 1. The molecule has 2 aliphatic heterocycles. The van der Waals surface area contributed by atoms with Gasteiger partial charge in [-0.25, -0.2) is 5.12 Å². The molecule has 0 aliphatic carbocycles. The van der Waals surface area contributed by atoms with Crippen molar-refractivity contribution >= 4 is 23.2 Å². The van der Waals surface area contributed by atoms with Gasteiger partial charge in [-0.05, 0) is 72.6 Å². The van der Waals surface area contributed by atoms with Crippen LogP contribution in [-0.4, -0.2) is 30.8 Å². The number of rotatable bonds is 7. The molecule has 34 heavy (non-hydrogen) atoms. The molecule has 0 radical (unpaired) electrons. The van der Waals surface area contributed by atoms with Crippen LogP contribution in [0, 0.1) is 0 Å². The average molecular weight is 478 g/mol. The van der Waals surface area contributed by atoms with Crippen molar-refractivity contribution in [2.45, 2.75) is 25.0 Å². The van der Waals surface area contributed by atoms with Gasteiger partial charge < -0.3 is 14.4 Å². The van der Waals surface area contributed by atoms with Crippen LogP contribution < -0.4 is 19.8 Å². The molecule has 1 amide bonds. The van der Waals surface area contributed by atoms with Crippen LogP contribution in [0.3, 0.4) is 0 Å². The SMILES string of the molecule is CN1N=NC(COc2cccc(C3CCC(=O)N3c3ccc(Oc4ccc(Cl)cc4)cc3)c2)N1. The zero-order valence-corrected chi connectivity index (χ0v) is 19.4. The average Bonchev–Trinajstić information content (AvgIpc) is 3.45. The van der Waals surface area contributed by atoms with Crippen LogP contribution in [0.15, 0.2) is 83.1 Å². The van der Waals surface area contributed by atoms with E-state index in [2.05, 4.69) is 15.8 Å². The molecule has 2 heterocycles. The molecule has 9 heteroatoms. The normalized spacial score (nSPS) is 19.6. The summed E-state index contributed by atoms with van der Waals surface area (Å²) < 4.78 is 11.8. The molecule has 0 aromatic heterocycles. The lowest BCUT2D eigenvalue weighted by molar-refractivity contribution is -0.117. The fraction of sp³-hybridized carbons (Fsp3) is 0.240. The summed E-state index contributed by atoms with van der Waals surface area (Å²) >= 11 is 5.93. The first-order valence-electron chi connectivity index (χ1n) is 11.0. The Morgan fingerprint density at radius 3 is 2.47 bits per heavy atom. The van der Waals surface area contributed by atoms with Crippen LogP contribution in [0.25, 0.3) is 0 Å². The highest BCUT2D eigenvalue weighted by Gasteiger charge is 2.33. The van der Waals surface area contributed by atoms with E-state index < -0.39 is 0 Å². The maximum atomic E-state index is 12.8. The van der Waals surface area contributed by atoms with E-state index in [4.69, 9.17) is 21.1 Å². The summed E-state index contributed by atoms with van der Waals surface area (Å²) in [5, 5.41) is 10.2. The highest BCUT2D eigenvalue weighted by molar-refractivity contribution is 6.30. The van der Waals surface area contributed by atoms with E-state index >= 15 is 0 Å². The minimum Gasteiger partial charge on any atom is -0.490 e. The Hall–Kier alpha value is -3.62. The lowest BCUT2D eigenvalue weighted by Gasteiger charge is -2.26. The number of ether oxygens (including phenoxy) is 2. The summed E-state index contributed by atoms with van der Waals surface area (Å²) in [6, 6.07) is 22.6. The zero-order valence-electron chi connectivity index (χ0n) is 18.6. The monoisotopic (exact) mass is 477 g/mol. The third kappa shape index (κ3) is 4.98. The Kier molecular flexibility index (Phi) is 6.33. The largest absolute Gasteiger partial charge is 0.490 e. The molecule has 1 fully saturated rings. The van der Waals surface area contributed by atoms with Crippen molar-refractivity contribution in [2.75, 3.05) is 18.6 Å². The Morgan fingerprint density at radius 2 is 1.76 bits per heavy atom. The summed E-state index contributed by atoms with van der Waals surface area (Å²) in [4.78, 5) is 14.7. The molecule has 174 valence electrons. The summed E-state index contributed by atoms with van der Waals surface area (Å²) in [7, 11) is 1.78. The first kappa shape index (κ1) is 22.2. The van der Waals surface area contributed by atoms with Crippen molar-refractivity contribution in [3.63, 3.8) is 0 Å². The zero-order chi connectivity index (χ0) is 23.5. The van der Waals surface area contributed by atoms with Crippen LogP contribution in [0.1, 0.15) is 24.4 Å². The van der Waals surface area contributed by atoms with Crippen LogP contribution in [0.4, 0.5) is 5.69 Å². The van der Waals surface area contributed by atoms with Crippen molar-refractivity contribution in [2.24, 2.45) is 10.3 Å². The molecule has 2 atom stereocenters. The van der Waals surface area contributed by atoms with E-state index in [0.717, 1.165) is 23.4 Å². The number of anilines is 1. The van der Waals surface area contributed by atoms with Gasteiger partial charge in [0.05, 0.1) is 6.04 Å². The molecular formula is C25H24ClN5O3. The number of amides is 1. The number of nitrogens with one attached hydrogen (secondary N) is 1. The lowest BCUT2D eigenvalue weighted by Crippen LogP contribution is -2.36. The van der Waals surface area contributed by atoms with Gasteiger partial charge in [0.25, 0.3) is 0 Å². The topological polar surface area (TPSA) is 78.8 Å². The van der Waals surface area contributed by atoms with Crippen LogP contribution >= 0.6 is 11.6 Å². The molecule has 1 N–H and O–H groups in total. The summed E-state index contributed by atoms with van der Waals surface area (Å²) in [6.45, 7) is 0.361. The second-order valence-corrected chi connectivity index (χ2v) is 8.56. The third-order valence-electron chi connectivity index (χ3n) is 5.69. The van der Waals surface area contributed by atoms with E-state index in [1.807, 2.05) is 65.6 Å². The van der Waals surface area contributed by atoms with E-state index in [0.29, 0.717) is 29.5 Å². The van der Waals surface area contributed by atoms with Crippen LogP contribution in [0.2, 0.25) is 5.02 Å². The van der Waals surface area contributed by atoms with Gasteiger partial charge in [0, 0.05) is 24.2 Å². The first-order valence-corrected chi connectivity index (χ1v) is 11.4. The smallest absolute Gasteiger partial charge is 0.227 e. The van der Waals surface area contributed by atoms with Gasteiger partial charge in [-0.3, -0.25) is 4.79 Å². The highest BCUT2D eigenvalue weighted by atomic mass is 35.5. The van der Waals surface area contributed by atoms with Crippen molar-refractivity contribution < 1.29 is 14.3 Å². The van der Waals surface area contributed by atoms with E-state index in [1.165, 1.54) is 0 Å². The van der Waals surface area contributed by atoms with Crippen LogP contribution in [-0.2, 0) is 4.79 Å². The minimum absolute atomic E-state index is 0.0606. The Balaban J connectivity index is 1.29. The van der Waals surface area contributed by atoms with Gasteiger partial charge in [0.1, 0.15) is 23.9 Å². The molecule has 0 bridgehead atoms. The van der Waals surface area contributed by atoms with Crippen molar-refractivity contribution in [1.29, 1.82) is 0 Å². The van der Waals surface area contributed by atoms with Crippen molar-refractivity contribution in [1.82, 2.24) is 10.5 Å². The summed E-state index contributed by atoms with van der Waals surface area (Å²) in [5.74, 6) is 2.22. The number of halogens is 1. The summed E-state index contributed by atoms with van der Waals surface area (Å²) in [5.41, 5.74) is 4.92. The molecule has 3 aromatic rings. The fourth-order valence-corrected chi connectivity index (χ4v) is 4.23. The van der Waals surface area contributed by atoms with E-state index in [9.17, 15) is 4.79 Å². The molecule has 8 nitrogen and oxygen atoms in total. The van der Waals surface area contributed by atoms with Gasteiger partial charge in [0.15, 0.2) is 6.17 Å². The molecule has 2 unspecified atom stereocenters. The van der Waals surface area contributed by atoms with E-state index in [1.54, 1.807) is 24.3 Å². The maximum absolute atomic E-state index is 12.8. The molecule has 5 rings (SSSR count). The maximum Gasteiger partial charge on any atom is 0.227 e. The van der Waals surface area contributed by atoms with E-state index in [-0.39, 0.29) is 18.1 Å². The van der Waals surface area contributed by atoms with Gasteiger partial charge in [-0.15, -0.1) is 5.11 Å². The second-order valence-electron chi connectivity index (χ2n) is 8.13. The molecular weight excluding hydrogens is 454 g/mol. The molecule has 2 aliphatic rings. The lowest BCUT2D eigenvalue weighted by atomic mass is 10.0. The standard InChI is InChI=1S/C25H24ClN5O3/c1-30-28-24(27-29-30)16-33-22-4-2-3-17(15-22)23-13-14-25(32)31(23)19-7-11-21(12-8-19)34-20-9-5-18(26)6-10-20/h2-12,15,23-24,28H,13-14,16H2,1H3. The van der Waals surface area contributed by atoms with Crippen molar-refractivity contribution in [3.05, 3.63) is 83.4 Å². The predicted octanol–water partition coefficient (Wildman–Crippen LogP) is 5.52. The number of nitrogens with zero attached hydrogens (tertiary/aromatic N) is 4. The minimum atomic E-state index is -0.216. The van der Waals surface area contributed by atoms with Gasteiger partial charge >= 0.3 is 0 Å². The van der Waals surface area contributed by atoms with Gasteiger partial charge in [-0.1, -0.05) is 29.0 Å². The predicted molar refractivity (Wildman–Crippen MR) is 129 cm³/mol. The number of benzene rings is 3. The molecule has 0 saturated carbocycles. The van der Waals surface area contributed by atoms with Gasteiger partial charge in [-0.2, -0.15) is 5.43 Å². The van der Waals surface area contributed by atoms with Crippen molar-refractivity contribution in [3.8, 4) is 17.2 Å².